The minimum Gasteiger partial charge on any atom is -0.493 e. The molecule has 0 fully saturated rings. The fourth-order valence-corrected chi connectivity index (χ4v) is 3.34. The number of halogens is 1. The molecule has 0 saturated heterocycles. The number of hydrogen-bond donors (Lipinski definition) is 1. The van der Waals surface area contributed by atoms with Crippen LogP contribution >= 0.6 is 0 Å². The predicted octanol–water partition coefficient (Wildman–Crippen LogP) is 7.02. The summed E-state index contributed by atoms with van der Waals surface area (Å²) in [6, 6.07) is 11.3. The molecule has 1 aromatic heterocycles. The lowest BCUT2D eigenvalue weighted by Crippen LogP contribution is -1.98. The Morgan fingerprint density at radius 3 is 2.54 bits per heavy atom. The number of nitrogens with one attached hydrogen (secondary N) is 1. The Balaban J connectivity index is 1.62. The molecule has 3 aromatic rings. The van der Waals surface area contributed by atoms with Crippen LogP contribution in [0.15, 0.2) is 42.6 Å². The van der Waals surface area contributed by atoms with Crippen molar-refractivity contribution in [3.8, 4) is 16.9 Å². The van der Waals surface area contributed by atoms with Gasteiger partial charge in [-0.1, -0.05) is 51.2 Å². The van der Waals surface area contributed by atoms with Gasteiger partial charge in [-0.05, 0) is 37.1 Å². The predicted molar refractivity (Wildman–Crippen MR) is 107 cm³/mol. The van der Waals surface area contributed by atoms with Crippen molar-refractivity contribution in [2.24, 2.45) is 0 Å². The largest absolute Gasteiger partial charge is 0.493 e. The molecule has 1 heterocycles. The number of aryl methyl sites for hydroxylation is 1. The lowest BCUT2D eigenvalue weighted by atomic mass is 10.0. The molecule has 0 atom stereocenters. The molecule has 0 unspecified atom stereocenters. The van der Waals surface area contributed by atoms with Gasteiger partial charge in [0.2, 0.25) is 0 Å². The maximum atomic E-state index is 14.6. The Morgan fingerprint density at radius 1 is 0.923 bits per heavy atom. The van der Waals surface area contributed by atoms with E-state index in [0.717, 1.165) is 22.9 Å². The van der Waals surface area contributed by atoms with E-state index in [4.69, 9.17) is 4.74 Å². The van der Waals surface area contributed by atoms with Gasteiger partial charge < -0.3 is 9.72 Å². The van der Waals surface area contributed by atoms with E-state index in [0.29, 0.717) is 17.9 Å². The molecule has 26 heavy (non-hydrogen) atoms. The van der Waals surface area contributed by atoms with Gasteiger partial charge in [-0.2, -0.15) is 0 Å². The standard InChI is InChI=1S/C23H28FNO/c1-3-4-5-6-7-8-13-26-18-10-12-19(22(24)15-18)21-16-25-23-14-17(2)9-11-20(21)23/h9-12,14-16,25H,3-8,13H2,1-2H3. The number of unbranched alkanes of at least 4 members (excludes halogenated alkanes) is 5. The van der Waals surface area contributed by atoms with E-state index in [1.807, 2.05) is 24.4 Å². The fourth-order valence-electron chi connectivity index (χ4n) is 3.34. The molecule has 0 spiro atoms. The van der Waals surface area contributed by atoms with Crippen LogP contribution in [0.1, 0.15) is 51.0 Å². The van der Waals surface area contributed by atoms with Crippen molar-refractivity contribution < 1.29 is 9.13 Å². The number of hydrogen-bond acceptors (Lipinski definition) is 1. The zero-order valence-electron chi connectivity index (χ0n) is 15.8. The smallest absolute Gasteiger partial charge is 0.134 e. The molecular weight excluding hydrogens is 325 g/mol. The van der Waals surface area contributed by atoms with Crippen molar-refractivity contribution >= 4 is 10.9 Å². The topological polar surface area (TPSA) is 25.0 Å². The molecule has 0 aliphatic heterocycles. The van der Waals surface area contributed by atoms with Crippen LogP contribution in [0.25, 0.3) is 22.0 Å². The van der Waals surface area contributed by atoms with Crippen molar-refractivity contribution in [3.63, 3.8) is 0 Å². The highest BCUT2D eigenvalue weighted by atomic mass is 19.1. The van der Waals surface area contributed by atoms with Crippen LogP contribution in [0.4, 0.5) is 4.39 Å². The molecule has 0 amide bonds. The van der Waals surface area contributed by atoms with E-state index >= 15 is 0 Å². The number of aromatic nitrogens is 1. The van der Waals surface area contributed by atoms with Gasteiger partial charge in [-0.15, -0.1) is 0 Å². The molecular formula is C23H28FNO. The van der Waals surface area contributed by atoms with Gasteiger partial charge in [0.15, 0.2) is 0 Å². The number of H-pyrrole nitrogens is 1. The van der Waals surface area contributed by atoms with E-state index < -0.39 is 0 Å². The maximum absolute atomic E-state index is 14.6. The number of aromatic amines is 1. The van der Waals surface area contributed by atoms with E-state index in [9.17, 15) is 4.39 Å². The normalized spacial score (nSPS) is 11.2. The quantitative estimate of drug-likeness (QED) is 0.411. The summed E-state index contributed by atoms with van der Waals surface area (Å²) in [6.45, 7) is 4.92. The summed E-state index contributed by atoms with van der Waals surface area (Å²) in [4.78, 5) is 3.23. The second-order valence-electron chi connectivity index (χ2n) is 7.01. The second kappa shape index (κ2) is 8.88. The van der Waals surface area contributed by atoms with Crippen LogP contribution in [-0.2, 0) is 0 Å². The van der Waals surface area contributed by atoms with Crippen molar-refractivity contribution in [1.82, 2.24) is 4.98 Å². The first-order chi connectivity index (χ1) is 12.7. The van der Waals surface area contributed by atoms with Gasteiger partial charge in [0.25, 0.3) is 0 Å². The Labute approximate surface area is 155 Å². The van der Waals surface area contributed by atoms with Crippen molar-refractivity contribution in [2.45, 2.75) is 52.4 Å². The van der Waals surface area contributed by atoms with Gasteiger partial charge >= 0.3 is 0 Å². The van der Waals surface area contributed by atoms with Crippen LogP contribution in [0.5, 0.6) is 5.75 Å². The summed E-state index contributed by atoms with van der Waals surface area (Å²) in [5.41, 5.74) is 3.71. The summed E-state index contributed by atoms with van der Waals surface area (Å²) in [7, 11) is 0. The first kappa shape index (κ1) is 18.5. The molecule has 2 nitrogen and oxygen atoms in total. The third-order valence-corrected chi connectivity index (χ3v) is 4.83. The molecule has 3 heteroatoms. The highest BCUT2D eigenvalue weighted by Crippen LogP contribution is 2.32. The van der Waals surface area contributed by atoms with Crippen molar-refractivity contribution in [1.29, 1.82) is 0 Å². The minimum atomic E-state index is -0.244. The van der Waals surface area contributed by atoms with E-state index in [-0.39, 0.29) is 5.82 Å². The first-order valence-corrected chi connectivity index (χ1v) is 9.69. The molecule has 2 aromatic carbocycles. The Morgan fingerprint density at radius 2 is 1.73 bits per heavy atom. The average Bonchev–Trinajstić information content (AvgIpc) is 3.04. The number of rotatable bonds is 9. The number of benzene rings is 2. The monoisotopic (exact) mass is 353 g/mol. The minimum absolute atomic E-state index is 0.244. The fraction of sp³-hybridized carbons (Fsp3) is 0.391. The molecule has 0 radical (unpaired) electrons. The second-order valence-corrected chi connectivity index (χ2v) is 7.01. The highest BCUT2D eigenvalue weighted by Gasteiger charge is 2.11. The number of ether oxygens (including phenoxy) is 1. The molecule has 3 rings (SSSR count). The third kappa shape index (κ3) is 4.46. The van der Waals surface area contributed by atoms with Crippen molar-refractivity contribution in [2.75, 3.05) is 6.61 Å². The van der Waals surface area contributed by atoms with Gasteiger partial charge in [-0.3, -0.25) is 0 Å². The SMILES string of the molecule is CCCCCCCCOc1ccc(-c2c[nH]c3cc(C)ccc23)c(F)c1. The maximum Gasteiger partial charge on any atom is 0.134 e. The van der Waals surface area contributed by atoms with Crippen LogP contribution in [0.2, 0.25) is 0 Å². The summed E-state index contributed by atoms with van der Waals surface area (Å²) in [5.74, 6) is 0.363. The summed E-state index contributed by atoms with van der Waals surface area (Å²) >= 11 is 0. The molecule has 0 saturated carbocycles. The van der Waals surface area contributed by atoms with Crippen LogP contribution in [0, 0.1) is 12.7 Å². The van der Waals surface area contributed by atoms with Gasteiger partial charge in [0, 0.05) is 34.3 Å². The molecule has 1 N–H and O–H groups in total. The van der Waals surface area contributed by atoms with E-state index in [2.05, 4.69) is 31.0 Å². The van der Waals surface area contributed by atoms with Crippen LogP contribution < -0.4 is 4.74 Å². The van der Waals surface area contributed by atoms with Gasteiger partial charge in [-0.25, -0.2) is 4.39 Å². The summed E-state index contributed by atoms with van der Waals surface area (Å²) < 4.78 is 20.4. The molecule has 0 aliphatic carbocycles. The Hall–Kier alpha value is -2.29. The highest BCUT2D eigenvalue weighted by molar-refractivity contribution is 5.96. The van der Waals surface area contributed by atoms with E-state index in [1.54, 1.807) is 0 Å². The molecule has 138 valence electrons. The third-order valence-electron chi connectivity index (χ3n) is 4.83. The zero-order chi connectivity index (χ0) is 18.4. The summed E-state index contributed by atoms with van der Waals surface area (Å²) in [5, 5.41) is 1.04. The Bertz CT molecular complexity index is 853. The zero-order valence-corrected chi connectivity index (χ0v) is 15.8. The summed E-state index contributed by atoms with van der Waals surface area (Å²) in [6.07, 6.45) is 9.19. The first-order valence-electron chi connectivity index (χ1n) is 9.69. The van der Waals surface area contributed by atoms with Crippen molar-refractivity contribution in [3.05, 3.63) is 54.0 Å². The number of fused-ring (bicyclic) bond motifs is 1. The Kier molecular flexibility index (Phi) is 6.32. The van der Waals surface area contributed by atoms with Gasteiger partial charge in [0.1, 0.15) is 11.6 Å². The van der Waals surface area contributed by atoms with Crippen LogP contribution in [0.3, 0.4) is 0 Å². The van der Waals surface area contributed by atoms with E-state index in [1.165, 1.54) is 43.7 Å². The molecule has 0 bridgehead atoms. The average molecular weight is 353 g/mol. The lowest BCUT2D eigenvalue weighted by molar-refractivity contribution is 0.303. The lowest BCUT2D eigenvalue weighted by Gasteiger charge is -2.08. The molecule has 0 aliphatic rings. The van der Waals surface area contributed by atoms with Crippen LogP contribution in [-0.4, -0.2) is 11.6 Å². The van der Waals surface area contributed by atoms with Gasteiger partial charge in [0.05, 0.1) is 6.61 Å².